The Morgan fingerprint density at radius 1 is 1.25 bits per heavy atom. The zero-order valence-corrected chi connectivity index (χ0v) is 13.7. The second-order valence-corrected chi connectivity index (χ2v) is 5.70. The molecular weight excluding hydrogens is 345 g/mol. The van der Waals surface area contributed by atoms with Gasteiger partial charge in [0.1, 0.15) is 5.82 Å². The molecule has 0 radical (unpaired) electrons. The van der Waals surface area contributed by atoms with E-state index in [1.807, 2.05) is 6.92 Å². The van der Waals surface area contributed by atoms with Gasteiger partial charge in [-0.2, -0.15) is 18.2 Å². The third-order valence-electron chi connectivity index (χ3n) is 3.05. The third-order valence-corrected chi connectivity index (χ3v) is 3.37. The molecule has 2 rings (SSSR count). The number of halogens is 4. The predicted octanol–water partition coefficient (Wildman–Crippen LogP) is 3.99. The number of aryl methyl sites for hydroxylation is 1. The van der Waals surface area contributed by atoms with Crippen LogP contribution in [0.4, 0.5) is 30.6 Å². The number of hydrogen-bond acceptors (Lipinski definition) is 5. The topological polar surface area (TPSA) is 70.1 Å². The first-order valence-electron chi connectivity index (χ1n) is 7.06. The largest absolute Gasteiger partial charge is 0.433 e. The molecule has 1 aromatic carbocycles. The average Bonchev–Trinajstić information content (AvgIpc) is 2.49. The van der Waals surface area contributed by atoms with Crippen LogP contribution in [0.3, 0.4) is 0 Å². The molecule has 0 saturated carbocycles. The van der Waals surface area contributed by atoms with E-state index < -0.39 is 17.9 Å². The average molecular weight is 361 g/mol. The van der Waals surface area contributed by atoms with Gasteiger partial charge in [-0.3, -0.25) is 0 Å². The first-order chi connectivity index (χ1) is 11.2. The van der Waals surface area contributed by atoms with E-state index in [0.717, 1.165) is 11.6 Å². The molecule has 1 heterocycles. The van der Waals surface area contributed by atoms with Gasteiger partial charge in [0.15, 0.2) is 5.69 Å². The Kier molecular flexibility index (Phi) is 5.51. The van der Waals surface area contributed by atoms with Gasteiger partial charge in [0, 0.05) is 12.1 Å². The van der Waals surface area contributed by atoms with E-state index in [1.54, 1.807) is 25.1 Å². The van der Waals surface area contributed by atoms with Crippen molar-refractivity contribution in [2.24, 2.45) is 0 Å². The standard InChI is InChI=1S/C15H16ClF3N4O/c1-8-3-4-11(10(16)5-8)21-13-6-12(15(17,18)19)22-14(23-13)20-9(2)7-24/h3-6,9,24H,7H2,1-2H3,(H2,20,21,22,23)/t9-/m1/s1. The molecule has 0 bridgehead atoms. The van der Waals surface area contributed by atoms with E-state index in [9.17, 15) is 13.2 Å². The maximum absolute atomic E-state index is 13.0. The normalized spacial score (nSPS) is 12.8. The number of nitrogens with one attached hydrogen (secondary N) is 2. The van der Waals surface area contributed by atoms with E-state index in [2.05, 4.69) is 20.6 Å². The zero-order chi connectivity index (χ0) is 17.9. The van der Waals surface area contributed by atoms with Gasteiger partial charge in [0.25, 0.3) is 0 Å². The summed E-state index contributed by atoms with van der Waals surface area (Å²) >= 11 is 6.08. The van der Waals surface area contributed by atoms with Crippen molar-refractivity contribution in [3.05, 3.63) is 40.5 Å². The Morgan fingerprint density at radius 3 is 2.54 bits per heavy atom. The molecule has 0 unspecified atom stereocenters. The molecule has 0 fully saturated rings. The molecule has 0 aliphatic carbocycles. The summed E-state index contributed by atoms with van der Waals surface area (Å²) in [6.45, 7) is 3.17. The van der Waals surface area contributed by atoms with Crippen molar-refractivity contribution in [3.63, 3.8) is 0 Å². The van der Waals surface area contributed by atoms with Crippen molar-refractivity contribution in [3.8, 4) is 0 Å². The summed E-state index contributed by atoms with van der Waals surface area (Å²) < 4.78 is 39.1. The van der Waals surface area contributed by atoms with Crippen LogP contribution in [0.2, 0.25) is 5.02 Å². The van der Waals surface area contributed by atoms with Crippen LogP contribution in [0, 0.1) is 6.92 Å². The van der Waals surface area contributed by atoms with Crippen LogP contribution in [0.25, 0.3) is 0 Å². The van der Waals surface area contributed by atoms with Crippen LogP contribution in [0.1, 0.15) is 18.2 Å². The van der Waals surface area contributed by atoms with Gasteiger partial charge in [0.05, 0.1) is 17.3 Å². The fourth-order valence-electron chi connectivity index (χ4n) is 1.85. The lowest BCUT2D eigenvalue weighted by molar-refractivity contribution is -0.141. The van der Waals surface area contributed by atoms with Crippen LogP contribution >= 0.6 is 11.6 Å². The predicted molar refractivity (Wildman–Crippen MR) is 86.7 cm³/mol. The van der Waals surface area contributed by atoms with Gasteiger partial charge in [-0.1, -0.05) is 17.7 Å². The van der Waals surface area contributed by atoms with Crippen molar-refractivity contribution < 1.29 is 18.3 Å². The van der Waals surface area contributed by atoms with Gasteiger partial charge < -0.3 is 15.7 Å². The molecule has 0 aliphatic rings. The number of anilines is 3. The number of hydrogen-bond donors (Lipinski definition) is 3. The minimum atomic E-state index is -4.63. The number of nitrogens with zero attached hydrogens (tertiary/aromatic N) is 2. The molecule has 9 heteroatoms. The van der Waals surface area contributed by atoms with Crippen LogP contribution in [0.5, 0.6) is 0 Å². The molecule has 2 aromatic rings. The van der Waals surface area contributed by atoms with Crippen LogP contribution < -0.4 is 10.6 Å². The molecule has 0 aliphatic heterocycles. The lowest BCUT2D eigenvalue weighted by Gasteiger charge is -2.15. The molecule has 0 spiro atoms. The molecule has 3 N–H and O–H groups in total. The quantitative estimate of drug-likeness (QED) is 0.752. The van der Waals surface area contributed by atoms with E-state index in [4.69, 9.17) is 16.7 Å². The number of aromatic nitrogens is 2. The van der Waals surface area contributed by atoms with Crippen LogP contribution in [-0.2, 0) is 6.18 Å². The monoisotopic (exact) mass is 360 g/mol. The Balaban J connectivity index is 2.38. The molecule has 5 nitrogen and oxygen atoms in total. The lowest BCUT2D eigenvalue weighted by atomic mass is 10.2. The Hall–Kier alpha value is -2.06. The van der Waals surface area contributed by atoms with Crippen molar-refractivity contribution >= 4 is 29.1 Å². The van der Waals surface area contributed by atoms with E-state index in [-0.39, 0.29) is 18.4 Å². The fraction of sp³-hybridized carbons (Fsp3) is 0.333. The first kappa shape index (κ1) is 18.3. The fourth-order valence-corrected chi connectivity index (χ4v) is 2.13. The second-order valence-electron chi connectivity index (χ2n) is 5.30. The highest BCUT2D eigenvalue weighted by Gasteiger charge is 2.34. The van der Waals surface area contributed by atoms with Crippen LogP contribution in [-0.4, -0.2) is 27.7 Å². The summed E-state index contributed by atoms with van der Waals surface area (Å²) in [6, 6.07) is 5.40. The van der Waals surface area contributed by atoms with E-state index >= 15 is 0 Å². The highest BCUT2D eigenvalue weighted by Crippen LogP contribution is 2.32. The third kappa shape index (κ3) is 4.72. The SMILES string of the molecule is Cc1ccc(Nc2cc(C(F)(F)F)nc(N[C@H](C)CO)n2)c(Cl)c1. The Morgan fingerprint density at radius 2 is 1.96 bits per heavy atom. The zero-order valence-electron chi connectivity index (χ0n) is 12.9. The Labute approximate surface area is 141 Å². The summed E-state index contributed by atoms with van der Waals surface area (Å²) in [5.41, 5.74) is 0.245. The highest BCUT2D eigenvalue weighted by molar-refractivity contribution is 6.33. The van der Waals surface area contributed by atoms with E-state index in [0.29, 0.717) is 10.7 Å². The first-order valence-corrected chi connectivity index (χ1v) is 7.43. The summed E-state index contributed by atoms with van der Waals surface area (Å²) in [6.07, 6.45) is -4.63. The van der Waals surface area contributed by atoms with Crippen molar-refractivity contribution in [2.75, 3.05) is 17.2 Å². The molecule has 130 valence electrons. The van der Waals surface area contributed by atoms with Crippen molar-refractivity contribution in [1.82, 2.24) is 9.97 Å². The van der Waals surface area contributed by atoms with Gasteiger partial charge >= 0.3 is 6.18 Å². The molecule has 1 atom stereocenters. The second kappa shape index (κ2) is 7.23. The molecule has 1 aromatic heterocycles. The minimum absolute atomic E-state index is 0.0595. The molecular formula is C15H16ClF3N4O. The number of aliphatic hydroxyl groups is 1. The summed E-state index contributed by atoms with van der Waals surface area (Å²) in [5.74, 6) is -0.298. The van der Waals surface area contributed by atoms with Crippen LogP contribution in [0.15, 0.2) is 24.3 Å². The summed E-state index contributed by atoms with van der Waals surface area (Å²) in [4.78, 5) is 7.43. The van der Waals surface area contributed by atoms with Gasteiger partial charge in [-0.15, -0.1) is 0 Å². The lowest BCUT2D eigenvalue weighted by Crippen LogP contribution is -2.22. The summed E-state index contributed by atoms with van der Waals surface area (Å²) in [7, 11) is 0. The maximum atomic E-state index is 13.0. The Bertz CT molecular complexity index is 724. The molecule has 0 saturated heterocycles. The smallest absolute Gasteiger partial charge is 0.394 e. The van der Waals surface area contributed by atoms with E-state index in [1.165, 1.54) is 0 Å². The minimum Gasteiger partial charge on any atom is -0.394 e. The number of rotatable bonds is 5. The maximum Gasteiger partial charge on any atom is 0.433 e. The van der Waals surface area contributed by atoms with Gasteiger partial charge in [-0.05, 0) is 31.5 Å². The van der Waals surface area contributed by atoms with Crippen molar-refractivity contribution in [1.29, 1.82) is 0 Å². The van der Waals surface area contributed by atoms with Gasteiger partial charge in [0.2, 0.25) is 5.95 Å². The summed E-state index contributed by atoms with van der Waals surface area (Å²) in [5, 5.41) is 14.7. The molecule has 24 heavy (non-hydrogen) atoms. The number of benzene rings is 1. The number of alkyl halides is 3. The number of aliphatic hydroxyl groups excluding tert-OH is 1. The molecule has 0 amide bonds. The highest BCUT2D eigenvalue weighted by atomic mass is 35.5. The van der Waals surface area contributed by atoms with Crippen molar-refractivity contribution in [2.45, 2.75) is 26.1 Å². The van der Waals surface area contributed by atoms with Gasteiger partial charge in [-0.25, -0.2) is 4.98 Å².